The summed E-state index contributed by atoms with van der Waals surface area (Å²) in [5.41, 5.74) is 5.48. The molecule has 1 aromatic rings. The molecule has 1 aromatic heterocycles. The molecule has 1 rings (SSSR count). The van der Waals surface area contributed by atoms with E-state index in [0.29, 0.717) is 0 Å². The number of rotatable bonds is 7. The van der Waals surface area contributed by atoms with E-state index >= 15 is 0 Å². The summed E-state index contributed by atoms with van der Waals surface area (Å²) in [6.45, 7) is 6.43. The summed E-state index contributed by atoms with van der Waals surface area (Å²) in [7, 11) is 0. The first-order chi connectivity index (χ1) is 6.86. The standard InChI is InChI=1S/C11H20N2S/c1-2-13(8-4-3-7-12)10-11-6-5-9-14-11/h5-6,9H,2-4,7-8,10,12H2,1H3. The van der Waals surface area contributed by atoms with Crippen LogP contribution in [0.4, 0.5) is 0 Å². The Morgan fingerprint density at radius 2 is 2.29 bits per heavy atom. The van der Waals surface area contributed by atoms with Gasteiger partial charge in [0.25, 0.3) is 0 Å². The lowest BCUT2D eigenvalue weighted by molar-refractivity contribution is 0.277. The Morgan fingerprint density at radius 1 is 1.43 bits per heavy atom. The van der Waals surface area contributed by atoms with Crippen molar-refractivity contribution in [2.75, 3.05) is 19.6 Å². The van der Waals surface area contributed by atoms with E-state index < -0.39 is 0 Å². The van der Waals surface area contributed by atoms with Gasteiger partial charge in [-0.1, -0.05) is 13.0 Å². The summed E-state index contributed by atoms with van der Waals surface area (Å²) in [4.78, 5) is 3.93. The second kappa shape index (κ2) is 6.98. The highest BCUT2D eigenvalue weighted by molar-refractivity contribution is 7.09. The van der Waals surface area contributed by atoms with E-state index in [4.69, 9.17) is 5.73 Å². The van der Waals surface area contributed by atoms with Crippen LogP contribution in [0.5, 0.6) is 0 Å². The number of hydrogen-bond acceptors (Lipinski definition) is 3. The molecule has 0 bridgehead atoms. The predicted octanol–water partition coefficient (Wildman–Crippen LogP) is 2.31. The smallest absolute Gasteiger partial charge is 0.0327 e. The lowest BCUT2D eigenvalue weighted by atomic mass is 10.3. The van der Waals surface area contributed by atoms with E-state index in [1.165, 1.54) is 17.8 Å². The highest BCUT2D eigenvalue weighted by atomic mass is 32.1. The van der Waals surface area contributed by atoms with Crippen LogP contribution >= 0.6 is 11.3 Å². The third-order valence-electron chi connectivity index (χ3n) is 2.34. The Hall–Kier alpha value is -0.380. The number of unbranched alkanes of at least 4 members (excludes halogenated alkanes) is 1. The quantitative estimate of drug-likeness (QED) is 0.703. The fourth-order valence-electron chi connectivity index (χ4n) is 1.45. The van der Waals surface area contributed by atoms with E-state index in [2.05, 4.69) is 29.3 Å². The normalized spacial score (nSPS) is 11.1. The summed E-state index contributed by atoms with van der Waals surface area (Å²) in [6, 6.07) is 4.32. The zero-order chi connectivity index (χ0) is 10.2. The molecule has 0 aliphatic carbocycles. The van der Waals surface area contributed by atoms with Crippen LogP contribution in [0, 0.1) is 0 Å². The van der Waals surface area contributed by atoms with Gasteiger partial charge >= 0.3 is 0 Å². The van der Waals surface area contributed by atoms with Gasteiger partial charge in [0.15, 0.2) is 0 Å². The van der Waals surface area contributed by atoms with Gasteiger partial charge in [0.1, 0.15) is 0 Å². The molecular formula is C11H20N2S. The molecule has 14 heavy (non-hydrogen) atoms. The van der Waals surface area contributed by atoms with Gasteiger partial charge in [0.05, 0.1) is 0 Å². The molecule has 0 atom stereocenters. The summed E-state index contributed by atoms with van der Waals surface area (Å²) < 4.78 is 0. The number of thiophene rings is 1. The maximum Gasteiger partial charge on any atom is 0.0327 e. The van der Waals surface area contributed by atoms with Crippen molar-refractivity contribution < 1.29 is 0 Å². The second-order valence-corrected chi connectivity index (χ2v) is 4.48. The Labute approximate surface area is 90.7 Å². The molecule has 0 aliphatic rings. The van der Waals surface area contributed by atoms with Crippen LogP contribution in [0.15, 0.2) is 17.5 Å². The fraction of sp³-hybridized carbons (Fsp3) is 0.636. The molecular weight excluding hydrogens is 192 g/mol. The minimum Gasteiger partial charge on any atom is -0.330 e. The zero-order valence-corrected chi connectivity index (χ0v) is 9.72. The van der Waals surface area contributed by atoms with Gasteiger partial charge in [0.2, 0.25) is 0 Å². The minimum atomic E-state index is 0.816. The van der Waals surface area contributed by atoms with Gasteiger partial charge in [-0.3, -0.25) is 4.90 Å². The predicted molar refractivity (Wildman–Crippen MR) is 63.6 cm³/mol. The van der Waals surface area contributed by atoms with Crippen molar-refractivity contribution in [3.63, 3.8) is 0 Å². The lowest BCUT2D eigenvalue weighted by Crippen LogP contribution is -2.24. The largest absolute Gasteiger partial charge is 0.330 e. The zero-order valence-electron chi connectivity index (χ0n) is 8.91. The lowest BCUT2D eigenvalue weighted by Gasteiger charge is -2.19. The molecule has 80 valence electrons. The third-order valence-corrected chi connectivity index (χ3v) is 3.20. The van der Waals surface area contributed by atoms with Crippen molar-refractivity contribution in [1.82, 2.24) is 4.90 Å². The molecule has 3 heteroatoms. The molecule has 2 nitrogen and oxygen atoms in total. The van der Waals surface area contributed by atoms with Gasteiger partial charge < -0.3 is 5.73 Å². The summed E-state index contributed by atoms with van der Waals surface area (Å²) >= 11 is 1.84. The van der Waals surface area contributed by atoms with E-state index in [-0.39, 0.29) is 0 Å². The van der Waals surface area contributed by atoms with E-state index in [9.17, 15) is 0 Å². The molecule has 0 saturated carbocycles. The van der Waals surface area contributed by atoms with Gasteiger partial charge in [-0.15, -0.1) is 11.3 Å². The monoisotopic (exact) mass is 212 g/mol. The van der Waals surface area contributed by atoms with Crippen LogP contribution < -0.4 is 5.73 Å². The van der Waals surface area contributed by atoms with Crippen LogP contribution in [0.25, 0.3) is 0 Å². The van der Waals surface area contributed by atoms with Gasteiger partial charge in [-0.25, -0.2) is 0 Å². The Morgan fingerprint density at radius 3 is 2.86 bits per heavy atom. The molecule has 0 saturated heterocycles. The van der Waals surface area contributed by atoms with Crippen molar-refractivity contribution in [1.29, 1.82) is 0 Å². The van der Waals surface area contributed by atoms with Crippen LogP contribution in [0.2, 0.25) is 0 Å². The highest BCUT2D eigenvalue weighted by Crippen LogP contribution is 2.11. The fourth-order valence-corrected chi connectivity index (χ4v) is 2.20. The van der Waals surface area contributed by atoms with Crippen molar-refractivity contribution >= 4 is 11.3 Å². The van der Waals surface area contributed by atoms with Crippen molar-refractivity contribution in [3.8, 4) is 0 Å². The summed E-state index contributed by atoms with van der Waals surface area (Å²) in [6.07, 6.45) is 2.36. The van der Waals surface area contributed by atoms with Gasteiger partial charge in [-0.2, -0.15) is 0 Å². The highest BCUT2D eigenvalue weighted by Gasteiger charge is 2.03. The first-order valence-electron chi connectivity index (χ1n) is 5.31. The molecule has 0 aliphatic heterocycles. The first kappa shape index (κ1) is 11.7. The molecule has 0 amide bonds. The van der Waals surface area contributed by atoms with Gasteiger partial charge in [0, 0.05) is 11.4 Å². The first-order valence-corrected chi connectivity index (χ1v) is 6.19. The maximum atomic E-state index is 5.48. The average molecular weight is 212 g/mol. The van der Waals surface area contributed by atoms with E-state index in [1.807, 2.05) is 11.3 Å². The van der Waals surface area contributed by atoms with Crippen molar-refractivity contribution in [2.24, 2.45) is 5.73 Å². The van der Waals surface area contributed by atoms with Gasteiger partial charge in [-0.05, 0) is 43.9 Å². The maximum absolute atomic E-state index is 5.48. The second-order valence-electron chi connectivity index (χ2n) is 3.44. The summed E-state index contributed by atoms with van der Waals surface area (Å²) in [5, 5.41) is 2.14. The average Bonchev–Trinajstić information content (AvgIpc) is 2.69. The number of nitrogens with zero attached hydrogens (tertiary/aromatic N) is 1. The molecule has 0 unspecified atom stereocenters. The molecule has 2 N–H and O–H groups in total. The summed E-state index contributed by atoms with van der Waals surface area (Å²) in [5.74, 6) is 0. The number of hydrogen-bond donors (Lipinski definition) is 1. The Kier molecular flexibility index (Phi) is 5.83. The van der Waals surface area contributed by atoms with Crippen LogP contribution in [-0.2, 0) is 6.54 Å². The molecule has 0 fully saturated rings. The molecule has 0 aromatic carbocycles. The molecule has 0 spiro atoms. The Bertz CT molecular complexity index is 221. The molecule has 1 heterocycles. The number of nitrogens with two attached hydrogens (primary N) is 1. The Balaban J connectivity index is 2.24. The van der Waals surface area contributed by atoms with Crippen LogP contribution in [-0.4, -0.2) is 24.5 Å². The molecule has 0 radical (unpaired) electrons. The van der Waals surface area contributed by atoms with Crippen molar-refractivity contribution in [2.45, 2.75) is 26.3 Å². The van der Waals surface area contributed by atoms with Crippen LogP contribution in [0.3, 0.4) is 0 Å². The van der Waals surface area contributed by atoms with E-state index in [1.54, 1.807) is 0 Å². The van der Waals surface area contributed by atoms with Crippen LogP contribution in [0.1, 0.15) is 24.6 Å². The SMILES string of the molecule is CCN(CCCCN)Cc1cccs1. The van der Waals surface area contributed by atoms with E-state index in [0.717, 1.165) is 26.1 Å². The van der Waals surface area contributed by atoms with Crippen molar-refractivity contribution in [3.05, 3.63) is 22.4 Å². The minimum absolute atomic E-state index is 0.816. The topological polar surface area (TPSA) is 29.3 Å². The third kappa shape index (κ3) is 4.22.